The molecule has 3 aliphatic heterocycles. The van der Waals surface area contributed by atoms with Gasteiger partial charge in [-0.25, -0.2) is 0 Å². The van der Waals surface area contributed by atoms with Gasteiger partial charge in [0, 0.05) is 43.3 Å². The molecule has 3 amide bonds. The highest BCUT2D eigenvalue weighted by Gasteiger charge is 2.38. The van der Waals surface area contributed by atoms with Crippen LogP contribution < -0.4 is 5.32 Å². The maximum absolute atomic E-state index is 13.4. The summed E-state index contributed by atoms with van der Waals surface area (Å²) >= 11 is 0. The van der Waals surface area contributed by atoms with E-state index in [1.165, 1.54) is 0 Å². The summed E-state index contributed by atoms with van der Waals surface area (Å²) in [6, 6.07) is 13.8. The molecule has 9 nitrogen and oxygen atoms in total. The molecule has 2 saturated heterocycles. The number of benzene rings is 2. The fourth-order valence-corrected chi connectivity index (χ4v) is 6.89. The van der Waals surface area contributed by atoms with E-state index in [0.29, 0.717) is 35.7 Å². The summed E-state index contributed by atoms with van der Waals surface area (Å²) in [7, 11) is 0. The van der Waals surface area contributed by atoms with Crippen molar-refractivity contribution in [2.24, 2.45) is 28.7 Å². The molecule has 0 bridgehead atoms. The number of likely N-dealkylation sites (tertiary alicyclic amines) is 2. The number of rotatable bonds is 9. The van der Waals surface area contributed by atoms with Gasteiger partial charge in [-0.1, -0.05) is 77.0 Å². The first-order chi connectivity index (χ1) is 22.5. The SMILES string of the molecule is CC(C)[C@@H](C)C(=O)N1CCC[C@H]1C(=O)Nc1noc2ccc(-c3ccc(C4=CN=C([C@@H]5CCCN5C(=O)[C@H](C)C(C)C)C4)cc3)cc12. The maximum atomic E-state index is 13.4. The van der Waals surface area contributed by atoms with Crippen molar-refractivity contribution < 1.29 is 18.9 Å². The van der Waals surface area contributed by atoms with Crippen molar-refractivity contribution in [1.82, 2.24) is 15.0 Å². The van der Waals surface area contributed by atoms with E-state index in [0.717, 1.165) is 60.2 Å². The van der Waals surface area contributed by atoms with Crippen LogP contribution in [-0.2, 0) is 14.4 Å². The minimum atomic E-state index is -0.513. The molecule has 0 radical (unpaired) electrons. The number of fused-ring (bicyclic) bond motifs is 1. The molecule has 47 heavy (non-hydrogen) atoms. The number of carbonyl (C=O) groups excluding carboxylic acids is 3. The smallest absolute Gasteiger partial charge is 0.248 e. The first kappa shape index (κ1) is 32.7. The quantitative estimate of drug-likeness (QED) is 0.267. The largest absolute Gasteiger partial charge is 0.354 e. The van der Waals surface area contributed by atoms with Gasteiger partial charge in [-0.2, -0.15) is 0 Å². The number of nitrogens with zero attached hydrogens (tertiary/aromatic N) is 4. The lowest BCUT2D eigenvalue weighted by Crippen LogP contribution is -2.46. The van der Waals surface area contributed by atoms with E-state index in [9.17, 15) is 14.4 Å². The number of nitrogens with one attached hydrogen (secondary N) is 1. The molecule has 3 aromatic rings. The molecule has 0 aliphatic carbocycles. The van der Waals surface area contributed by atoms with E-state index >= 15 is 0 Å². The number of carbonyl (C=O) groups is 3. The molecule has 2 fully saturated rings. The molecule has 1 N–H and O–H groups in total. The van der Waals surface area contributed by atoms with Crippen molar-refractivity contribution in [1.29, 1.82) is 0 Å². The monoisotopic (exact) mass is 637 g/mol. The van der Waals surface area contributed by atoms with Crippen LogP contribution in [0.2, 0.25) is 0 Å². The molecule has 0 spiro atoms. The van der Waals surface area contributed by atoms with E-state index in [2.05, 4.69) is 53.5 Å². The third-order valence-electron chi connectivity index (χ3n) is 10.6. The van der Waals surface area contributed by atoms with Crippen LogP contribution >= 0.6 is 0 Å². The number of aromatic nitrogens is 1. The summed E-state index contributed by atoms with van der Waals surface area (Å²) < 4.78 is 5.54. The van der Waals surface area contributed by atoms with E-state index in [-0.39, 0.29) is 41.5 Å². The highest BCUT2D eigenvalue weighted by molar-refractivity contribution is 6.04. The Kier molecular flexibility index (Phi) is 9.35. The Hall–Kier alpha value is -4.27. The summed E-state index contributed by atoms with van der Waals surface area (Å²) in [6.45, 7) is 13.6. The fraction of sp³-hybridized carbons (Fsp3) is 0.500. The lowest BCUT2D eigenvalue weighted by Gasteiger charge is -2.29. The lowest BCUT2D eigenvalue weighted by atomic mass is 9.94. The molecule has 4 heterocycles. The highest BCUT2D eigenvalue weighted by Crippen LogP contribution is 2.34. The van der Waals surface area contributed by atoms with Crippen LogP contribution in [0.25, 0.3) is 27.7 Å². The second-order valence-corrected chi connectivity index (χ2v) is 14.2. The van der Waals surface area contributed by atoms with E-state index in [4.69, 9.17) is 9.52 Å². The number of hydrogen-bond donors (Lipinski definition) is 1. The zero-order chi connectivity index (χ0) is 33.4. The Morgan fingerprint density at radius 2 is 1.43 bits per heavy atom. The van der Waals surface area contributed by atoms with Gasteiger partial charge in [0.15, 0.2) is 11.4 Å². The summed E-state index contributed by atoms with van der Waals surface area (Å²) in [6.07, 6.45) is 6.13. The average molecular weight is 638 g/mol. The van der Waals surface area contributed by atoms with Crippen molar-refractivity contribution in [3.63, 3.8) is 0 Å². The van der Waals surface area contributed by atoms with Crippen LogP contribution in [0, 0.1) is 23.7 Å². The van der Waals surface area contributed by atoms with E-state index < -0.39 is 6.04 Å². The van der Waals surface area contributed by atoms with Crippen LogP contribution in [-0.4, -0.2) is 63.6 Å². The highest BCUT2D eigenvalue weighted by atomic mass is 16.5. The minimum Gasteiger partial charge on any atom is -0.354 e. The summed E-state index contributed by atoms with van der Waals surface area (Å²) in [5.41, 5.74) is 5.93. The van der Waals surface area contributed by atoms with Gasteiger partial charge in [0.25, 0.3) is 0 Å². The average Bonchev–Trinajstić information content (AvgIpc) is 3.89. The molecule has 2 aromatic carbocycles. The first-order valence-electron chi connectivity index (χ1n) is 17.2. The molecule has 9 heteroatoms. The van der Waals surface area contributed by atoms with E-state index in [1.807, 2.05) is 52.1 Å². The van der Waals surface area contributed by atoms with Crippen molar-refractivity contribution >= 4 is 45.8 Å². The number of anilines is 1. The zero-order valence-corrected chi connectivity index (χ0v) is 28.5. The fourth-order valence-electron chi connectivity index (χ4n) is 6.89. The van der Waals surface area contributed by atoms with Gasteiger partial charge in [-0.15, -0.1) is 0 Å². The standard InChI is InChI=1S/C38H47N5O4/c1-22(2)24(5)37(45)42-17-7-9-32(42)31-20-29(21-39-31)27-13-11-26(12-14-27)28-15-16-34-30(19-28)35(41-47-34)40-36(44)33-10-8-18-43(33)38(46)25(6)23(3)4/h11-16,19,21-25,32-33H,7-10,17-18,20H2,1-6H3,(H,40,41,44)/t24-,25-,32+,33+/m1/s1. The Morgan fingerprint density at radius 1 is 0.809 bits per heavy atom. The van der Waals surface area contributed by atoms with Gasteiger partial charge in [-0.3, -0.25) is 19.4 Å². The molecule has 3 aliphatic rings. The molecule has 1 aromatic heterocycles. The molecule has 0 saturated carbocycles. The van der Waals surface area contributed by atoms with Crippen molar-refractivity contribution in [2.75, 3.05) is 18.4 Å². The molecular weight excluding hydrogens is 590 g/mol. The Labute approximate surface area is 277 Å². The number of hydrogen-bond acceptors (Lipinski definition) is 6. The van der Waals surface area contributed by atoms with Gasteiger partial charge >= 0.3 is 0 Å². The van der Waals surface area contributed by atoms with Crippen molar-refractivity contribution in [2.45, 2.75) is 85.7 Å². The predicted molar refractivity (Wildman–Crippen MR) is 186 cm³/mol. The van der Waals surface area contributed by atoms with Crippen LogP contribution in [0.1, 0.15) is 79.2 Å². The number of aliphatic imine (C=N–C) groups is 1. The second-order valence-electron chi connectivity index (χ2n) is 14.2. The summed E-state index contributed by atoms with van der Waals surface area (Å²) in [5, 5.41) is 7.82. The van der Waals surface area contributed by atoms with Gasteiger partial charge in [0.2, 0.25) is 17.7 Å². The van der Waals surface area contributed by atoms with Crippen LogP contribution in [0.3, 0.4) is 0 Å². The summed E-state index contributed by atoms with van der Waals surface area (Å²) in [5.74, 6) is 0.780. The Bertz CT molecular complexity index is 1720. The third kappa shape index (κ3) is 6.49. The third-order valence-corrected chi connectivity index (χ3v) is 10.6. The molecule has 4 atom stereocenters. The van der Waals surface area contributed by atoms with Crippen molar-refractivity contribution in [3.8, 4) is 11.1 Å². The first-order valence-corrected chi connectivity index (χ1v) is 17.2. The topological polar surface area (TPSA) is 108 Å². The van der Waals surface area contributed by atoms with E-state index in [1.54, 1.807) is 4.90 Å². The minimum absolute atomic E-state index is 0.00814. The lowest BCUT2D eigenvalue weighted by molar-refractivity contribution is -0.140. The predicted octanol–water partition coefficient (Wildman–Crippen LogP) is 7.19. The van der Waals surface area contributed by atoms with Crippen LogP contribution in [0.4, 0.5) is 5.82 Å². The van der Waals surface area contributed by atoms with Gasteiger partial charge in [0.1, 0.15) is 6.04 Å². The number of amides is 3. The molecule has 0 unspecified atom stereocenters. The normalized spacial score (nSPS) is 21.0. The van der Waals surface area contributed by atoms with Crippen molar-refractivity contribution in [3.05, 3.63) is 54.2 Å². The van der Waals surface area contributed by atoms with Gasteiger partial charge in [0.05, 0.1) is 11.4 Å². The maximum Gasteiger partial charge on any atom is 0.248 e. The van der Waals surface area contributed by atoms with Crippen LogP contribution in [0.15, 0.2) is 58.2 Å². The Morgan fingerprint density at radius 3 is 2.13 bits per heavy atom. The molecular formula is C38H47N5O4. The van der Waals surface area contributed by atoms with Gasteiger partial charge < -0.3 is 19.6 Å². The van der Waals surface area contributed by atoms with Crippen LogP contribution in [0.5, 0.6) is 0 Å². The second kappa shape index (κ2) is 13.5. The Balaban J connectivity index is 1.12. The zero-order valence-electron chi connectivity index (χ0n) is 28.5. The molecule has 6 rings (SSSR count). The number of allylic oxidation sites excluding steroid dienone is 1. The summed E-state index contributed by atoms with van der Waals surface area (Å²) in [4.78, 5) is 48.2. The molecule has 248 valence electrons. The van der Waals surface area contributed by atoms with Gasteiger partial charge in [-0.05, 0) is 71.9 Å².